The summed E-state index contributed by atoms with van der Waals surface area (Å²) in [6.07, 6.45) is 0.912. The van der Waals surface area contributed by atoms with Crippen LogP contribution in [0.2, 0.25) is 0 Å². The molecule has 1 unspecified atom stereocenters. The largest absolute Gasteiger partial charge is 0.325 e. The van der Waals surface area contributed by atoms with Crippen molar-refractivity contribution >= 4 is 24.2 Å². The van der Waals surface area contributed by atoms with Crippen molar-refractivity contribution in [2.75, 3.05) is 5.32 Å². The van der Waals surface area contributed by atoms with Gasteiger partial charge in [-0.15, -0.1) is 0 Å². The Balaban J connectivity index is 2.76. The van der Waals surface area contributed by atoms with Gasteiger partial charge in [0.2, 0.25) is 5.91 Å². The zero-order valence-electron chi connectivity index (χ0n) is 10.0. The predicted octanol–water partition coefficient (Wildman–Crippen LogP) is 3.14. The minimum atomic E-state index is -0.259. The fourth-order valence-corrected chi connectivity index (χ4v) is 1.52. The van der Waals surface area contributed by atoms with Crippen molar-refractivity contribution in [3.8, 4) is 0 Å². The molecular weight excluding hydrogens is 218 g/mol. The summed E-state index contributed by atoms with van der Waals surface area (Å²) >= 11 is 4.30. The van der Waals surface area contributed by atoms with E-state index in [1.165, 1.54) is 0 Å². The number of nitrogens with one attached hydrogen (secondary N) is 1. The summed E-state index contributed by atoms with van der Waals surface area (Å²) < 4.78 is 0. The normalized spacial score (nSPS) is 12.6. The van der Waals surface area contributed by atoms with Gasteiger partial charge in [0, 0.05) is 5.69 Å². The molecule has 1 aromatic carbocycles. The van der Waals surface area contributed by atoms with E-state index in [1.807, 2.05) is 38.1 Å². The molecule has 88 valence electrons. The minimum absolute atomic E-state index is 0.0285. The Morgan fingerprint density at radius 1 is 1.38 bits per heavy atom. The number of para-hydroxylation sites is 1. The van der Waals surface area contributed by atoms with Crippen LogP contribution in [0, 0.1) is 5.92 Å². The van der Waals surface area contributed by atoms with Crippen LogP contribution in [0.3, 0.4) is 0 Å². The van der Waals surface area contributed by atoms with Gasteiger partial charge in [0.25, 0.3) is 0 Å². The van der Waals surface area contributed by atoms with Crippen molar-refractivity contribution in [2.24, 2.45) is 5.92 Å². The minimum Gasteiger partial charge on any atom is -0.325 e. The van der Waals surface area contributed by atoms with Crippen LogP contribution in [0.5, 0.6) is 0 Å². The van der Waals surface area contributed by atoms with Crippen LogP contribution in [0.4, 0.5) is 5.69 Å². The van der Waals surface area contributed by atoms with Gasteiger partial charge in [0.05, 0.1) is 5.25 Å². The lowest BCUT2D eigenvalue weighted by molar-refractivity contribution is -0.116. The Bertz CT molecular complexity index is 363. The molecule has 1 amide bonds. The van der Waals surface area contributed by atoms with Crippen molar-refractivity contribution in [3.63, 3.8) is 0 Å². The maximum absolute atomic E-state index is 11.8. The highest BCUT2D eigenvalue weighted by atomic mass is 32.1. The summed E-state index contributed by atoms with van der Waals surface area (Å²) in [5.74, 6) is 0.205. The standard InChI is InChI=1S/C13H19NOS/c1-4-10-7-5-6-8-11(10)14-13(15)12(16)9(2)3/h5-9,12,16H,4H2,1-3H3,(H,14,15). The van der Waals surface area contributed by atoms with Gasteiger partial charge in [0.1, 0.15) is 0 Å². The second-order valence-corrected chi connectivity index (χ2v) is 4.75. The number of carbonyl (C=O) groups is 1. The number of amides is 1. The number of hydrogen-bond acceptors (Lipinski definition) is 2. The highest BCUT2D eigenvalue weighted by Gasteiger charge is 2.18. The lowest BCUT2D eigenvalue weighted by Gasteiger charge is -2.16. The molecule has 1 rings (SSSR count). The molecule has 0 aromatic heterocycles. The van der Waals surface area contributed by atoms with Crippen molar-refractivity contribution in [1.29, 1.82) is 0 Å². The van der Waals surface area contributed by atoms with E-state index < -0.39 is 0 Å². The first-order chi connectivity index (χ1) is 7.56. The third kappa shape index (κ3) is 3.27. The van der Waals surface area contributed by atoms with Crippen LogP contribution < -0.4 is 5.32 Å². The van der Waals surface area contributed by atoms with E-state index >= 15 is 0 Å². The molecule has 1 N–H and O–H groups in total. The number of rotatable bonds is 4. The van der Waals surface area contributed by atoms with Crippen molar-refractivity contribution in [1.82, 2.24) is 0 Å². The summed E-state index contributed by atoms with van der Waals surface area (Å²) in [6, 6.07) is 7.86. The summed E-state index contributed by atoms with van der Waals surface area (Å²) in [7, 11) is 0. The molecule has 1 aromatic rings. The first-order valence-corrected chi connectivity index (χ1v) is 6.14. The molecule has 0 bridgehead atoms. The van der Waals surface area contributed by atoms with Gasteiger partial charge in [0.15, 0.2) is 0 Å². The van der Waals surface area contributed by atoms with Gasteiger partial charge >= 0.3 is 0 Å². The summed E-state index contributed by atoms with van der Waals surface area (Å²) in [6.45, 7) is 6.05. The van der Waals surface area contributed by atoms with Gasteiger partial charge in [-0.05, 0) is 24.0 Å². The van der Waals surface area contributed by atoms with Crippen LogP contribution in [-0.2, 0) is 11.2 Å². The van der Waals surface area contributed by atoms with E-state index in [1.54, 1.807) is 0 Å². The maximum Gasteiger partial charge on any atom is 0.237 e. The molecule has 0 spiro atoms. The first-order valence-electron chi connectivity index (χ1n) is 5.63. The monoisotopic (exact) mass is 237 g/mol. The fourth-order valence-electron chi connectivity index (χ4n) is 1.46. The van der Waals surface area contributed by atoms with E-state index in [4.69, 9.17) is 0 Å². The molecule has 2 nitrogen and oxygen atoms in total. The molecule has 0 heterocycles. The van der Waals surface area contributed by atoms with Gasteiger partial charge in [-0.1, -0.05) is 39.0 Å². The summed E-state index contributed by atoms with van der Waals surface area (Å²) in [5.41, 5.74) is 2.05. The first kappa shape index (κ1) is 13.1. The Kier molecular flexibility index (Phi) is 4.87. The third-order valence-corrected chi connectivity index (χ3v) is 3.39. The molecular formula is C13H19NOS. The lowest BCUT2D eigenvalue weighted by atomic mass is 10.1. The molecule has 0 aliphatic carbocycles. The van der Waals surface area contributed by atoms with Crippen LogP contribution in [0.25, 0.3) is 0 Å². The van der Waals surface area contributed by atoms with Gasteiger partial charge in [-0.2, -0.15) is 12.6 Å². The van der Waals surface area contributed by atoms with E-state index in [0.717, 1.165) is 17.7 Å². The third-order valence-electron chi connectivity index (χ3n) is 2.56. The number of hydrogen-bond donors (Lipinski definition) is 2. The predicted molar refractivity (Wildman–Crippen MR) is 72.1 cm³/mol. The zero-order chi connectivity index (χ0) is 12.1. The summed E-state index contributed by atoms with van der Waals surface area (Å²) in [5, 5.41) is 2.67. The number of anilines is 1. The molecule has 1 atom stereocenters. The van der Waals surface area contributed by atoms with Crippen molar-refractivity contribution in [2.45, 2.75) is 32.4 Å². The zero-order valence-corrected chi connectivity index (χ0v) is 10.9. The lowest BCUT2D eigenvalue weighted by Crippen LogP contribution is -2.27. The highest BCUT2D eigenvalue weighted by molar-refractivity contribution is 7.81. The molecule has 3 heteroatoms. The maximum atomic E-state index is 11.8. The van der Waals surface area contributed by atoms with E-state index in [2.05, 4.69) is 24.9 Å². The van der Waals surface area contributed by atoms with Crippen LogP contribution in [0.1, 0.15) is 26.3 Å². The van der Waals surface area contributed by atoms with Gasteiger partial charge in [-0.25, -0.2) is 0 Å². The number of carbonyl (C=O) groups excluding carboxylic acids is 1. The SMILES string of the molecule is CCc1ccccc1NC(=O)C(S)C(C)C. The van der Waals surface area contributed by atoms with Crippen LogP contribution >= 0.6 is 12.6 Å². The molecule has 16 heavy (non-hydrogen) atoms. The molecule has 0 radical (unpaired) electrons. The van der Waals surface area contributed by atoms with Crippen LogP contribution in [-0.4, -0.2) is 11.2 Å². The highest BCUT2D eigenvalue weighted by Crippen LogP contribution is 2.18. The van der Waals surface area contributed by atoms with Crippen LogP contribution in [0.15, 0.2) is 24.3 Å². The second kappa shape index (κ2) is 5.94. The Hall–Kier alpha value is -0.960. The average Bonchev–Trinajstić information content (AvgIpc) is 2.28. The molecule has 0 aliphatic heterocycles. The Labute approximate surface area is 103 Å². The topological polar surface area (TPSA) is 29.1 Å². The number of benzene rings is 1. The summed E-state index contributed by atoms with van der Waals surface area (Å²) in [4.78, 5) is 11.8. The van der Waals surface area contributed by atoms with E-state index in [9.17, 15) is 4.79 Å². The van der Waals surface area contributed by atoms with Gasteiger partial charge < -0.3 is 5.32 Å². The van der Waals surface area contributed by atoms with Crippen molar-refractivity contribution in [3.05, 3.63) is 29.8 Å². The molecule has 0 fully saturated rings. The average molecular weight is 237 g/mol. The second-order valence-electron chi connectivity index (χ2n) is 4.19. The Morgan fingerprint density at radius 2 is 2.00 bits per heavy atom. The molecule has 0 aliphatic rings. The van der Waals surface area contributed by atoms with Gasteiger partial charge in [-0.3, -0.25) is 4.79 Å². The number of thiol groups is 1. The number of aryl methyl sites for hydroxylation is 1. The molecule has 0 saturated heterocycles. The van der Waals surface area contributed by atoms with E-state index in [-0.39, 0.29) is 17.1 Å². The smallest absolute Gasteiger partial charge is 0.237 e. The quantitative estimate of drug-likeness (QED) is 0.774. The molecule has 0 saturated carbocycles. The Morgan fingerprint density at radius 3 is 2.56 bits per heavy atom. The fraction of sp³-hybridized carbons (Fsp3) is 0.462. The van der Waals surface area contributed by atoms with E-state index in [0.29, 0.717) is 0 Å². The van der Waals surface area contributed by atoms with Crippen molar-refractivity contribution < 1.29 is 4.79 Å².